The van der Waals surface area contributed by atoms with E-state index < -0.39 is 10.9 Å². The Balaban J connectivity index is 2.27. The van der Waals surface area contributed by atoms with Gasteiger partial charge in [-0.2, -0.15) is 0 Å². The van der Waals surface area contributed by atoms with Gasteiger partial charge in [-0.05, 0) is 12.1 Å². The van der Waals surface area contributed by atoms with Crippen molar-refractivity contribution in [2.24, 2.45) is 0 Å². The third-order valence-electron chi connectivity index (χ3n) is 2.31. The lowest BCUT2D eigenvalue weighted by Gasteiger charge is -2.25. The quantitative estimate of drug-likeness (QED) is 0.651. The lowest BCUT2D eigenvalue weighted by atomic mass is 10.2. The Morgan fingerprint density at radius 3 is 2.71 bits per heavy atom. The lowest BCUT2D eigenvalue weighted by Crippen LogP contribution is -2.30. The van der Waals surface area contributed by atoms with E-state index in [4.69, 9.17) is 9.84 Å². The smallest absolute Gasteiger partial charge is 0.342 e. The summed E-state index contributed by atoms with van der Waals surface area (Å²) in [7, 11) is 0. The van der Waals surface area contributed by atoms with E-state index in [0.717, 1.165) is 0 Å². The normalized spacial score (nSPS) is 15.3. The van der Waals surface area contributed by atoms with Gasteiger partial charge in [-0.1, -0.05) is 0 Å². The number of benzene rings is 1. The third-order valence-corrected chi connectivity index (χ3v) is 3.44. The van der Waals surface area contributed by atoms with Crippen molar-refractivity contribution in [3.63, 3.8) is 0 Å². The maximum Gasteiger partial charge on any atom is 0.342 e. The predicted molar refractivity (Wildman–Crippen MR) is 60.5 cm³/mol. The molecule has 0 radical (unpaired) electrons. The number of hydrogen-bond donors (Lipinski definition) is 1. The molecule has 0 atom stereocenters. The van der Waals surface area contributed by atoms with Gasteiger partial charge < -0.3 is 9.84 Å². The van der Waals surface area contributed by atoms with Crippen LogP contribution in [0.25, 0.3) is 0 Å². The summed E-state index contributed by atoms with van der Waals surface area (Å²) in [6.07, 6.45) is 0. The van der Waals surface area contributed by atoms with E-state index in [2.05, 4.69) is 0 Å². The van der Waals surface area contributed by atoms with Crippen molar-refractivity contribution < 1.29 is 19.6 Å². The van der Waals surface area contributed by atoms with Crippen LogP contribution in [0.5, 0.6) is 0 Å². The van der Waals surface area contributed by atoms with E-state index in [1.165, 1.54) is 23.9 Å². The number of ether oxygens (including phenoxy) is 1. The van der Waals surface area contributed by atoms with Gasteiger partial charge in [0.2, 0.25) is 0 Å². The SMILES string of the molecule is O=C(O)c1cc(SC2COC2)ccc1[N+](=O)[O-]. The first-order chi connectivity index (χ1) is 8.08. The summed E-state index contributed by atoms with van der Waals surface area (Å²) in [5.41, 5.74) is -0.660. The van der Waals surface area contributed by atoms with E-state index >= 15 is 0 Å². The minimum atomic E-state index is -1.29. The Morgan fingerprint density at radius 2 is 2.24 bits per heavy atom. The van der Waals surface area contributed by atoms with Crippen LogP contribution in [0.2, 0.25) is 0 Å². The molecule has 17 heavy (non-hydrogen) atoms. The van der Waals surface area contributed by atoms with Gasteiger partial charge in [-0.25, -0.2) is 4.79 Å². The third kappa shape index (κ3) is 2.56. The number of rotatable bonds is 4. The number of carbonyl (C=O) groups is 1. The molecular formula is C10H9NO5S. The fourth-order valence-electron chi connectivity index (χ4n) is 1.39. The van der Waals surface area contributed by atoms with Crippen LogP contribution in [0, 0.1) is 10.1 Å². The molecule has 2 rings (SSSR count). The fraction of sp³-hybridized carbons (Fsp3) is 0.300. The Hall–Kier alpha value is -1.60. The van der Waals surface area contributed by atoms with Gasteiger partial charge in [-0.3, -0.25) is 10.1 Å². The molecule has 1 aromatic rings. The minimum absolute atomic E-state index is 0.278. The van der Waals surface area contributed by atoms with E-state index in [0.29, 0.717) is 23.4 Å². The van der Waals surface area contributed by atoms with Crippen molar-refractivity contribution in [3.8, 4) is 0 Å². The van der Waals surface area contributed by atoms with Gasteiger partial charge in [0.1, 0.15) is 5.56 Å². The molecule has 1 saturated heterocycles. The second kappa shape index (κ2) is 4.72. The summed E-state index contributed by atoms with van der Waals surface area (Å²) < 4.78 is 5.00. The second-order valence-corrected chi connectivity index (χ2v) is 4.89. The number of nitro benzene ring substituents is 1. The average molecular weight is 255 g/mol. The van der Waals surface area contributed by atoms with Gasteiger partial charge >= 0.3 is 5.97 Å². The number of nitrogens with zero attached hydrogens (tertiary/aromatic N) is 1. The number of carboxylic acid groups (broad SMARTS) is 1. The number of hydrogen-bond acceptors (Lipinski definition) is 5. The van der Waals surface area contributed by atoms with Crippen LogP contribution in [0.4, 0.5) is 5.69 Å². The van der Waals surface area contributed by atoms with E-state index in [1.807, 2.05) is 0 Å². The highest BCUT2D eigenvalue weighted by atomic mass is 32.2. The molecular weight excluding hydrogens is 246 g/mol. The molecule has 1 aliphatic heterocycles. The topological polar surface area (TPSA) is 89.7 Å². The van der Waals surface area contributed by atoms with Crippen LogP contribution in [-0.4, -0.2) is 34.5 Å². The van der Waals surface area contributed by atoms with Crippen molar-refractivity contribution >= 4 is 23.4 Å². The molecule has 0 spiro atoms. The Morgan fingerprint density at radius 1 is 1.53 bits per heavy atom. The van der Waals surface area contributed by atoms with Gasteiger partial charge in [0, 0.05) is 11.0 Å². The summed E-state index contributed by atoms with van der Waals surface area (Å²) in [4.78, 5) is 21.6. The summed E-state index contributed by atoms with van der Waals surface area (Å²) in [6, 6.07) is 4.13. The molecule has 0 aliphatic carbocycles. The molecule has 7 heteroatoms. The summed E-state index contributed by atoms with van der Waals surface area (Å²) >= 11 is 1.47. The molecule has 1 aromatic carbocycles. The van der Waals surface area contributed by atoms with Crippen molar-refractivity contribution in [2.45, 2.75) is 10.1 Å². The number of thioether (sulfide) groups is 1. The minimum Gasteiger partial charge on any atom is -0.477 e. The van der Waals surface area contributed by atoms with Gasteiger partial charge in [0.15, 0.2) is 0 Å². The average Bonchev–Trinajstić information content (AvgIpc) is 2.23. The molecule has 1 aliphatic rings. The molecule has 0 saturated carbocycles. The molecule has 0 bridgehead atoms. The maximum atomic E-state index is 10.9. The van der Waals surface area contributed by atoms with Crippen LogP contribution >= 0.6 is 11.8 Å². The van der Waals surface area contributed by atoms with Crippen molar-refractivity contribution in [1.29, 1.82) is 0 Å². The fourth-order valence-corrected chi connectivity index (χ4v) is 2.44. The summed E-state index contributed by atoms with van der Waals surface area (Å²) in [6.45, 7) is 1.26. The first-order valence-corrected chi connectivity index (χ1v) is 5.72. The second-order valence-electron chi connectivity index (χ2n) is 3.52. The molecule has 90 valence electrons. The van der Waals surface area contributed by atoms with Crippen molar-refractivity contribution in [2.75, 3.05) is 13.2 Å². The zero-order valence-corrected chi connectivity index (χ0v) is 9.48. The first kappa shape index (κ1) is 11.9. The van der Waals surface area contributed by atoms with Crippen molar-refractivity contribution in [3.05, 3.63) is 33.9 Å². The first-order valence-electron chi connectivity index (χ1n) is 4.84. The highest BCUT2D eigenvalue weighted by Gasteiger charge is 2.23. The van der Waals surface area contributed by atoms with Crippen LogP contribution in [0.15, 0.2) is 23.1 Å². The van der Waals surface area contributed by atoms with Crippen LogP contribution < -0.4 is 0 Å². The lowest BCUT2D eigenvalue weighted by molar-refractivity contribution is -0.385. The standard InChI is InChI=1S/C10H9NO5S/c12-10(13)8-3-6(17-7-4-16-5-7)1-2-9(8)11(14)15/h1-3,7H,4-5H2,(H,12,13). The highest BCUT2D eigenvalue weighted by molar-refractivity contribution is 8.00. The van der Waals surface area contributed by atoms with E-state index in [9.17, 15) is 14.9 Å². The summed E-state index contributed by atoms with van der Waals surface area (Å²) in [5.74, 6) is -1.29. The van der Waals surface area contributed by atoms with Crippen LogP contribution in [-0.2, 0) is 4.74 Å². The largest absolute Gasteiger partial charge is 0.477 e. The maximum absolute atomic E-state index is 10.9. The zero-order valence-electron chi connectivity index (χ0n) is 8.66. The number of nitro groups is 1. The predicted octanol–water partition coefficient (Wildman–Crippen LogP) is 1.78. The molecule has 1 N–H and O–H groups in total. The van der Waals surface area contributed by atoms with Crippen molar-refractivity contribution in [1.82, 2.24) is 0 Å². The highest BCUT2D eigenvalue weighted by Crippen LogP contribution is 2.31. The van der Waals surface area contributed by atoms with Gasteiger partial charge in [-0.15, -0.1) is 11.8 Å². The zero-order chi connectivity index (χ0) is 12.4. The molecule has 1 fully saturated rings. The Labute approximate surface area is 101 Å². The molecule has 0 unspecified atom stereocenters. The Bertz CT molecular complexity index is 472. The number of aromatic carboxylic acids is 1. The molecule has 0 aromatic heterocycles. The van der Waals surface area contributed by atoms with E-state index in [1.54, 1.807) is 6.07 Å². The molecule has 6 nitrogen and oxygen atoms in total. The van der Waals surface area contributed by atoms with Gasteiger partial charge in [0.25, 0.3) is 5.69 Å². The number of carboxylic acids is 1. The van der Waals surface area contributed by atoms with Crippen LogP contribution in [0.1, 0.15) is 10.4 Å². The van der Waals surface area contributed by atoms with E-state index in [-0.39, 0.29) is 11.3 Å². The van der Waals surface area contributed by atoms with Crippen LogP contribution in [0.3, 0.4) is 0 Å². The Kier molecular flexibility index (Phi) is 3.30. The molecule has 1 heterocycles. The molecule has 0 amide bonds. The van der Waals surface area contributed by atoms with Gasteiger partial charge in [0.05, 0.1) is 23.4 Å². The summed E-state index contributed by atoms with van der Waals surface area (Å²) in [5, 5.41) is 19.9. The monoisotopic (exact) mass is 255 g/mol.